The summed E-state index contributed by atoms with van der Waals surface area (Å²) in [4.78, 5) is 25.3. The number of alkyl halides is 1. The standard InChI is InChI=1S/C24H23ClFNO4/c1-2-14(24(29)30)10-20-11-18-9-17(12-21(25)22(18)31-20)15-3-5-16(6-4-15)23(28)27-8-7-19(26)13-27/h3-6,9-10,12,19-20H,2,7-8,11,13H2,1H3,(H,29,30). The van der Waals surface area contributed by atoms with Crippen LogP contribution in [0.1, 0.15) is 35.7 Å². The van der Waals surface area contributed by atoms with E-state index in [2.05, 4.69) is 0 Å². The highest BCUT2D eigenvalue weighted by Gasteiger charge is 2.27. The molecule has 2 aliphatic rings. The Bertz CT molecular complexity index is 1050. The molecule has 1 amide bonds. The Balaban J connectivity index is 1.53. The second-order valence-electron chi connectivity index (χ2n) is 7.87. The summed E-state index contributed by atoms with van der Waals surface area (Å²) in [5.41, 5.74) is 3.53. The van der Waals surface area contributed by atoms with Gasteiger partial charge in [-0.05, 0) is 54.3 Å². The predicted octanol–water partition coefficient (Wildman–Crippen LogP) is 4.92. The Morgan fingerprint density at radius 3 is 2.61 bits per heavy atom. The van der Waals surface area contributed by atoms with Crippen LogP contribution in [0, 0.1) is 0 Å². The average Bonchev–Trinajstić information content (AvgIpc) is 3.37. The Labute approximate surface area is 185 Å². The summed E-state index contributed by atoms with van der Waals surface area (Å²) >= 11 is 6.45. The van der Waals surface area contributed by atoms with E-state index in [1.165, 1.54) is 0 Å². The summed E-state index contributed by atoms with van der Waals surface area (Å²) in [6, 6.07) is 11.0. The fourth-order valence-corrected chi connectivity index (χ4v) is 4.34. The van der Waals surface area contributed by atoms with Gasteiger partial charge in [-0.25, -0.2) is 9.18 Å². The van der Waals surface area contributed by atoms with Gasteiger partial charge in [-0.1, -0.05) is 30.7 Å². The molecule has 4 rings (SSSR count). The monoisotopic (exact) mass is 443 g/mol. The zero-order chi connectivity index (χ0) is 22.1. The third-order valence-electron chi connectivity index (χ3n) is 5.74. The number of rotatable bonds is 5. The van der Waals surface area contributed by atoms with Crippen LogP contribution in [0.2, 0.25) is 5.02 Å². The average molecular weight is 444 g/mol. The quantitative estimate of drug-likeness (QED) is 0.666. The molecule has 0 bridgehead atoms. The molecule has 0 radical (unpaired) electrons. The van der Waals surface area contributed by atoms with Crippen molar-refractivity contribution in [3.63, 3.8) is 0 Å². The summed E-state index contributed by atoms with van der Waals surface area (Å²) in [5, 5.41) is 9.71. The fourth-order valence-electron chi connectivity index (χ4n) is 4.06. The zero-order valence-corrected chi connectivity index (χ0v) is 17.9. The first-order chi connectivity index (χ1) is 14.9. The van der Waals surface area contributed by atoms with E-state index >= 15 is 0 Å². The van der Waals surface area contributed by atoms with Crippen molar-refractivity contribution in [2.24, 2.45) is 0 Å². The minimum Gasteiger partial charge on any atom is -0.484 e. The van der Waals surface area contributed by atoms with E-state index < -0.39 is 12.1 Å². The molecule has 1 N–H and O–H groups in total. The molecule has 2 atom stereocenters. The number of aliphatic carboxylic acids is 1. The normalized spacial score (nSPS) is 20.5. The van der Waals surface area contributed by atoms with Crippen LogP contribution in [0.15, 0.2) is 48.0 Å². The molecule has 2 aliphatic heterocycles. The van der Waals surface area contributed by atoms with E-state index in [-0.39, 0.29) is 18.6 Å². The number of benzene rings is 2. The molecule has 162 valence electrons. The molecule has 0 aromatic heterocycles. The minimum absolute atomic E-state index is 0.151. The minimum atomic E-state index is -0.945. The first-order valence-corrected chi connectivity index (χ1v) is 10.7. The topological polar surface area (TPSA) is 66.8 Å². The number of likely N-dealkylation sites (tertiary alicyclic amines) is 1. The Kier molecular flexibility index (Phi) is 6.01. The highest BCUT2D eigenvalue weighted by Crippen LogP contribution is 2.40. The van der Waals surface area contributed by atoms with Gasteiger partial charge in [0.25, 0.3) is 5.91 Å². The molecule has 2 aromatic carbocycles. The number of ether oxygens (including phenoxy) is 1. The lowest BCUT2D eigenvalue weighted by atomic mass is 9.99. The van der Waals surface area contributed by atoms with Gasteiger partial charge in [-0.15, -0.1) is 0 Å². The molecule has 2 heterocycles. The number of carboxylic acids is 1. The van der Waals surface area contributed by atoms with Crippen LogP contribution in [0.5, 0.6) is 5.75 Å². The number of halogens is 2. The van der Waals surface area contributed by atoms with Crippen LogP contribution < -0.4 is 4.74 Å². The third kappa shape index (κ3) is 4.44. The fraction of sp³-hybridized carbons (Fsp3) is 0.333. The van der Waals surface area contributed by atoms with Crippen molar-refractivity contribution in [3.05, 3.63) is 64.2 Å². The number of nitrogens with zero attached hydrogens (tertiary/aromatic N) is 1. The smallest absolute Gasteiger partial charge is 0.331 e. The summed E-state index contributed by atoms with van der Waals surface area (Å²) in [7, 11) is 0. The van der Waals surface area contributed by atoms with Gasteiger partial charge in [0, 0.05) is 29.7 Å². The van der Waals surface area contributed by atoms with Crippen LogP contribution >= 0.6 is 11.6 Å². The molecule has 2 aromatic rings. The van der Waals surface area contributed by atoms with Crippen LogP contribution in [-0.4, -0.2) is 47.2 Å². The SMILES string of the molecule is CCC(=CC1Cc2cc(-c3ccc(C(=O)N4CCC(F)C4)cc3)cc(Cl)c2O1)C(=O)O. The van der Waals surface area contributed by atoms with Crippen molar-refractivity contribution >= 4 is 23.5 Å². The molecular formula is C24H23ClFNO4. The lowest BCUT2D eigenvalue weighted by Gasteiger charge is -2.15. The van der Waals surface area contributed by atoms with Gasteiger partial charge >= 0.3 is 5.97 Å². The van der Waals surface area contributed by atoms with Crippen LogP contribution in [-0.2, 0) is 11.2 Å². The zero-order valence-electron chi connectivity index (χ0n) is 17.1. The van der Waals surface area contributed by atoms with Crippen molar-refractivity contribution in [1.82, 2.24) is 4.90 Å². The molecule has 31 heavy (non-hydrogen) atoms. The van der Waals surface area contributed by atoms with Crippen molar-refractivity contribution in [3.8, 4) is 16.9 Å². The van der Waals surface area contributed by atoms with Crippen LogP contribution in [0.4, 0.5) is 4.39 Å². The number of hydrogen-bond acceptors (Lipinski definition) is 3. The van der Waals surface area contributed by atoms with Crippen LogP contribution in [0.25, 0.3) is 11.1 Å². The van der Waals surface area contributed by atoms with E-state index in [4.69, 9.17) is 16.3 Å². The third-order valence-corrected chi connectivity index (χ3v) is 6.02. The number of carbonyl (C=O) groups is 2. The molecule has 0 saturated carbocycles. The van der Waals surface area contributed by atoms with E-state index in [1.807, 2.05) is 18.2 Å². The molecule has 7 heteroatoms. The van der Waals surface area contributed by atoms with Crippen molar-refractivity contribution in [2.45, 2.75) is 38.5 Å². The maximum Gasteiger partial charge on any atom is 0.331 e. The summed E-state index contributed by atoms with van der Waals surface area (Å²) in [6.45, 7) is 2.39. The van der Waals surface area contributed by atoms with E-state index in [0.29, 0.717) is 47.7 Å². The van der Waals surface area contributed by atoms with Crippen molar-refractivity contribution in [1.29, 1.82) is 0 Å². The summed E-state index contributed by atoms with van der Waals surface area (Å²) in [6.07, 6.45) is 1.67. The first-order valence-electron chi connectivity index (χ1n) is 10.3. The van der Waals surface area contributed by atoms with Crippen molar-refractivity contribution < 1.29 is 23.8 Å². The maximum absolute atomic E-state index is 13.4. The number of hydrogen-bond donors (Lipinski definition) is 1. The Hall–Kier alpha value is -2.86. The van der Waals surface area contributed by atoms with Gasteiger partial charge in [0.2, 0.25) is 0 Å². The van der Waals surface area contributed by atoms with Gasteiger partial charge in [0.15, 0.2) is 0 Å². The van der Waals surface area contributed by atoms with Gasteiger partial charge in [0.05, 0.1) is 11.6 Å². The number of amides is 1. The lowest BCUT2D eigenvalue weighted by molar-refractivity contribution is -0.132. The van der Waals surface area contributed by atoms with E-state index in [9.17, 15) is 19.1 Å². The largest absolute Gasteiger partial charge is 0.484 e. The molecular weight excluding hydrogens is 421 g/mol. The Morgan fingerprint density at radius 2 is 2.00 bits per heavy atom. The maximum atomic E-state index is 13.4. The molecule has 1 fully saturated rings. The lowest BCUT2D eigenvalue weighted by Crippen LogP contribution is -2.28. The van der Waals surface area contributed by atoms with Crippen LogP contribution in [0.3, 0.4) is 0 Å². The van der Waals surface area contributed by atoms with Crippen molar-refractivity contribution in [2.75, 3.05) is 13.1 Å². The van der Waals surface area contributed by atoms with Gasteiger partial charge < -0.3 is 14.7 Å². The molecule has 5 nitrogen and oxygen atoms in total. The first kappa shape index (κ1) is 21.4. The molecule has 0 aliphatic carbocycles. The van der Waals surface area contributed by atoms with Gasteiger partial charge in [-0.3, -0.25) is 4.79 Å². The number of carbonyl (C=O) groups excluding carboxylic acids is 1. The summed E-state index contributed by atoms with van der Waals surface area (Å²) in [5.74, 6) is -0.527. The molecule has 2 unspecified atom stereocenters. The second-order valence-corrected chi connectivity index (χ2v) is 8.28. The number of fused-ring (bicyclic) bond motifs is 1. The summed E-state index contributed by atoms with van der Waals surface area (Å²) < 4.78 is 19.3. The van der Waals surface area contributed by atoms with Gasteiger partial charge in [0.1, 0.15) is 18.0 Å². The number of carboxylic acid groups (broad SMARTS) is 1. The highest BCUT2D eigenvalue weighted by molar-refractivity contribution is 6.32. The van der Waals surface area contributed by atoms with E-state index in [0.717, 1.165) is 16.7 Å². The highest BCUT2D eigenvalue weighted by atomic mass is 35.5. The van der Waals surface area contributed by atoms with E-state index in [1.54, 1.807) is 36.1 Å². The predicted molar refractivity (Wildman–Crippen MR) is 116 cm³/mol. The molecule has 0 spiro atoms. The van der Waals surface area contributed by atoms with Gasteiger partial charge in [-0.2, -0.15) is 0 Å². The molecule has 1 saturated heterocycles. The second kappa shape index (κ2) is 8.71. The Morgan fingerprint density at radius 1 is 1.26 bits per heavy atom.